The Morgan fingerprint density at radius 2 is 0.895 bits per heavy atom. The molecule has 9 aromatic carbocycles. The van der Waals surface area contributed by atoms with Gasteiger partial charge in [0.2, 0.25) is 0 Å². The molecule has 0 saturated heterocycles. The van der Waals surface area contributed by atoms with Crippen LogP contribution in [0.15, 0.2) is 194 Å². The number of benzene rings is 9. The summed E-state index contributed by atoms with van der Waals surface area (Å²) in [6, 6.07) is 70.1. The Morgan fingerprint density at radius 1 is 0.333 bits per heavy atom. The predicted molar refractivity (Wildman–Crippen MR) is 239 cm³/mol. The molecule has 1 aliphatic carbocycles. The summed E-state index contributed by atoms with van der Waals surface area (Å²) >= 11 is 0. The molecule has 0 unspecified atom stereocenters. The van der Waals surface area contributed by atoms with Gasteiger partial charge < -0.3 is 0 Å². The van der Waals surface area contributed by atoms with Gasteiger partial charge in [0.05, 0.1) is 11.4 Å². The van der Waals surface area contributed by atoms with Gasteiger partial charge in [0, 0.05) is 22.1 Å². The predicted octanol–water partition coefficient (Wildman–Crippen LogP) is 14.6. The topological polar surface area (TPSA) is 25.8 Å². The van der Waals surface area contributed by atoms with Crippen LogP contribution in [0, 0.1) is 0 Å². The molecule has 2 nitrogen and oxygen atoms in total. The minimum absolute atomic E-state index is 0.0768. The zero-order valence-corrected chi connectivity index (χ0v) is 31.9. The van der Waals surface area contributed by atoms with E-state index < -0.39 is 0 Å². The van der Waals surface area contributed by atoms with Gasteiger partial charge in [-0.3, -0.25) is 0 Å². The van der Waals surface area contributed by atoms with Gasteiger partial charge in [0.25, 0.3) is 0 Å². The molecule has 0 saturated carbocycles. The maximum absolute atomic E-state index is 5.31. The molecule has 0 N–H and O–H groups in total. The number of aromatic nitrogens is 2. The van der Waals surface area contributed by atoms with E-state index in [0.29, 0.717) is 5.82 Å². The Labute approximate surface area is 332 Å². The average Bonchev–Trinajstić information content (AvgIpc) is 3.51. The first-order valence-electron chi connectivity index (χ1n) is 19.7. The molecule has 1 aromatic heterocycles. The van der Waals surface area contributed by atoms with E-state index in [2.05, 4.69) is 202 Å². The third kappa shape index (κ3) is 5.33. The molecule has 57 heavy (non-hydrogen) atoms. The van der Waals surface area contributed by atoms with E-state index in [0.717, 1.165) is 39.0 Å². The van der Waals surface area contributed by atoms with Crippen molar-refractivity contribution in [1.29, 1.82) is 0 Å². The molecule has 1 aliphatic rings. The highest BCUT2D eigenvalue weighted by Crippen LogP contribution is 2.52. The van der Waals surface area contributed by atoms with E-state index in [1.807, 2.05) is 6.07 Å². The first-order valence-corrected chi connectivity index (χ1v) is 19.7. The normalized spacial score (nSPS) is 12.9. The second-order valence-electron chi connectivity index (χ2n) is 15.7. The van der Waals surface area contributed by atoms with Crippen molar-refractivity contribution in [2.75, 3.05) is 0 Å². The van der Waals surface area contributed by atoms with E-state index in [-0.39, 0.29) is 5.41 Å². The molecule has 0 fully saturated rings. The molecule has 0 amide bonds. The van der Waals surface area contributed by atoms with E-state index in [4.69, 9.17) is 9.97 Å². The molecular weight excluding hydrogens is 689 g/mol. The molecule has 0 spiro atoms. The maximum atomic E-state index is 5.31. The van der Waals surface area contributed by atoms with Crippen molar-refractivity contribution in [1.82, 2.24) is 9.97 Å². The molecule has 268 valence electrons. The van der Waals surface area contributed by atoms with Crippen LogP contribution in [0.1, 0.15) is 25.0 Å². The average molecular weight is 727 g/mol. The van der Waals surface area contributed by atoms with Gasteiger partial charge in [-0.1, -0.05) is 196 Å². The lowest BCUT2D eigenvalue weighted by atomic mass is 9.81. The lowest BCUT2D eigenvalue weighted by Crippen LogP contribution is -2.14. The van der Waals surface area contributed by atoms with Crippen LogP contribution < -0.4 is 0 Å². The zero-order chi connectivity index (χ0) is 38.1. The van der Waals surface area contributed by atoms with Crippen LogP contribution in [0.5, 0.6) is 0 Å². The Balaban J connectivity index is 1.10. The first-order chi connectivity index (χ1) is 28.0. The number of rotatable bonds is 5. The minimum Gasteiger partial charge on any atom is -0.228 e. The monoisotopic (exact) mass is 726 g/mol. The van der Waals surface area contributed by atoms with Crippen molar-refractivity contribution in [2.45, 2.75) is 19.3 Å². The summed E-state index contributed by atoms with van der Waals surface area (Å²) in [4.78, 5) is 10.6. The van der Waals surface area contributed by atoms with Gasteiger partial charge in [-0.05, 0) is 89.0 Å². The Morgan fingerprint density at radius 3 is 1.68 bits per heavy atom. The highest BCUT2D eigenvalue weighted by Gasteiger charge is 2.36. The largest absolute Gasteiger partial charge is 0.228 e. The molecule has 0 aliphatic heterocycles. The number of nitrogens with zero attached hydrogens (tertiary/aromatic N) is 2. The van der Waals surface area contributed by atoms with Crippen LogP contribution in [0.3, 0.4) is 0 Å². The van der Waals surface area contributed by atoms with E-state index in [1.165, 1.54) is 65.9 Å². The second kappa shape index (κ2) is 13.0. The number of fused-ring (bicyclic) bond motifs is 7. The second-order valence-corrected chi connectivity index (χ2v) is 15.7. The first kappa shape index (κ1) is 33.2. The lowest BCUT2D eigenvalue weighted by molar-refractivity contribution is 0.661. The third-order valence-corrected chi connectivity index (χ3v) is 12.1. The summed E-state index contributed by atoms with van der Waals surface area (Å²) in [5.41, 5.74) is 15.1. The maximum Gasteiger partial charge on any atom is 0.160 e. The molecule has 0 atom stereocenters. The van der Waals surface area contributed by atoms with Crippen LogP contribution in [0.2, 0.25) is 0 Å². The van der Waals surface area contributed by atoms with Gasteiger partial charge in [-0.15, -0.1) is 0 Å². The van der Waals surface area contributed by atoms with E-state index >= 15 is 0 Å². The van der Waals surface area contributed by atoms with Crippen molar-refractivity contribution in [3.8, 4) is 67.3 Å². The van der Waals surface area contributed by atoms with Crippen molar-refractivity contribution < 1.29 is 0 Å². The molecule has 2 heteroatoms. The van der Waals surface area contributed by atoms with Crippen LogP contribution >= 0.6 is 0 Å². The summed E-state index contributed by atoms with van der Waals surface area (Å²) < 4.78 is 0. The molecule has 10 aromatic rings. The van der Waals surface area contributed by atoms with Gasteiger partial charge in [0.1, 0.15) is 0 Å². The quantitative estimate of drug-likeness (QED) is 0.176. The SMILES string of the molecule is CC1(C)c2ccc(-c3ccc(-c4cc(-c5ccccc5-c5cccc6ccccc56)nc(-c5ccccc5)n4)c4ccccc34)cc2-c2c1ccc1ccccc21. The van der Waals surface area contributed by atoms with Gasteiger partial charge in [-0.2, -0.15) is 0 Å². The molecule has 0 radical (unpaired) electrons. The van der Waals surface area contributed by atoms with Crippen LogP contribution in [-0.4, -0.2) is 9.97 Å². The van der Waals surface area contributed by atoms with Gasteiger partial charge in [-0.25, -0.2) is 9.97 Å². The van der Waals surface area contributed by atoms with Crippen LogP contribution in [-0.2, 0) is 5.41 Å². The lowest BCUT2D eigenvalue weighted by Gasteiger charge is -2.22. The fourth-order valence-electron chi connectivity index (χ4n) is 9.31. The summed E-state index contributed by atoms with van der Waals surface area (Å²) in [7, 11) is 0. The molecule has 0 bridgehead atoms. The summed E-state index contributed by atoms with van der Waals surface area (Å²) in [5.74, 6) is 0.705. The standard InChI is InChI=1S/C55H38N2/c1-55(2)49-31-28-38(33-48(49)53-41-21-9-7-16-36(41)27-32-50(53)55)40-29-30-47(45-24-11-10-22-42(40)45)52-34-51(56-54(57-52)37-17-4-3-5-18-37)46-25-13-12-23-44(46)43-26-14-19-35-15-6-8-20-39(35)43/h3-34H,1-2H3. The van der Waals surface area contributed by atoms with Crippen molar-refractivity contribution >= 4 is 32.3 Å². The Hall–Kier alpha value is -7.16. The third-order valence-electron chi connectivity index (χ3n) is 12.1. The molecular formula is C55H38N2. The van der Waals surface area contributed by atoms with Crippen LogP contribution in [0.4, 0.5) is 0 Å². The molecule has 1 heterocycles. The smallest absolute Gasteiger partial charge is 0.160 e. The van der Waals surface area contributed by atoms with Crippen molar-refractivity contribution in [3.63, 3.8) is 0 Å². The Bertz CT molecular complexity index is 3210. The summed E-state index contributed by atoms with van der Waals surface area (Å²) in [5, 5.41) is 7.39. The number of hydrogen-bond donors (Lipinski definition) is 0. The van der Waals surface area contributed by atoms with Gasteiger partial charge >= 0.3 is 0 Å². The van der Waals surface area contributed by atoms with Crippen LogP contribution in [0.25, 0.3) is 99.6 Å². The minimum atomic E-state index is -0.0768. The van der Waals surface area contributed by atoms with Crippen molar-refractivity contribution in [2.24, 2.45) is 0 Å². The fraction of sp³-hybridized carbons (Fsp3) is 0.0545. The van der Waals surface area contributed by atoms with E-state index in [1.54, 1.807) is 0 Å². The van der Waals surface area contributed by atoms with Gasteiger partial charge in [0.15, 0.2) is 5.82 Å². The summed E-state index contributed by atoms with van der Waals surface area (Å²) in [6.45, 7) is 4.72. The Kier molecular flexibility index (Phi) is 7.55. The number of hydrogen-bond acceptors (Lipinski definition) is 2. The fourth-order valence-corrected chi connectivity index (χ4v) is 9.31. The molecule has 11 rings (SSSR count). The highest BCUT2D eigenvalue weighted by atomic mass is 14.9. The highest BCUT2D eigenvalue weighted by molar-refractivity contribution is 6.07. The summed E-state index contributed by atoms with van der Waals surface area (Å²) in [6.07, 6.45) is 0. The van der Waals surface area contributed by atoms with Crippen molar-refractivity contribution in [3.05, 3.63) is 205 Å². The zero-order valence-electron chi connectivity index (χ0n) is 31.9. The van der Waals surface area contributed by atoms with E-state index in [9.17, 15) is 0 Å².